The molecule has 4 aromatic rings. The molecule has 3 aromatic heterocycles. The third kappa shape index (κ3) is 3.17. The number of anilines is 2. The summed E-state index contributed by atoms with van der Waals surface area (Å²) in [5, 5.41) is 3.03. The Morgan fingerprint density at radius 2 is 1.89 bits per heavy atom. The number of rotatable bonds is 5. The fraction of sp³-hybridized carbons (Fsp3) is 0.238. The lowest BCUT2D eigenvalue weighted by atomic mass is 10.2. The van der Waals surface area contributed by atoms with Crippen molar-refractivity contribution in [2.24, 2.45) is 0 Å². The molecule has 0 atom stereocenters. The zero-order valence-corrected chi connectivity index (χ0v) is 16.7. The number of fused-ring (bicyclic) bond motifs is 1. The van der Waals surface area contributed by atoms with E-state index in [1.807, 2.05) is 24.3 Å². The van der Waals surface area contributed by atoms with Crippen LogP contribution in [0.5, 0.6) is 5.75 Å². The summed E-state index contributed by atoms with van der Waals surface area (Å²) in [5.74, 6) is 1.92. The molecular weight excluding hydrogens is 356 g/mol. The number of benzene rings is 1. The van der Waals surface area contributed by atoms with Crippen molar-refractivity contribution < 1.29 is 4.74 Å². The highest BCUT2D eigenvalue weighted by Gasteiger charge is 2.19. The number of thiazole rings is 1. The van der Waals surface area contributed by atoms with Crippen LogP contribution in [0.1, 0.15) is 18.2 Å². The number of ether oxygens (including phenoxy) is 1. The molecule has 0 saturated heterocycles. The van der Waals surface area contributed by atoms with E-state index >= 15 is 0 Å². The minimum atomic E-state index is 0.847. The van der Waals surface area contributed by atoms with Gasteiger partial charge in [-0.2, -0.15) is 0 Å². The summed E-state index contributed by atoms with van der Waals surface area (Å²) in [7, 11) is 3.73. The first-order chi connectivity index (χ1) is 13.1. The highest BCUT2D eigenvalue weighted by atomic mass is 32.1. The molecule has 0 amide bonds. The van der Waals surface area contributed by atoms with Gasteiger partial charge in [0.2, 0.25) is 0 Å². The van der Waals surface area contributed by atoms with Crippen molar-refractivity contribution in [1.29, 1.82) is 0 Å². The van der Waals surface area contributed by atoms with Gasteiger partial charge in [-0.3, -0.25) is 4.40 Å². The van der Waals surface area contributed by atoms with Crippen molar-refractivity contribution >= 4 is 27.9 Å². The minimum Gasteiger partial charge on any atom is -0.497 e. The van der Waals surface area contributed by atoms with Gasteiger partial charge in [0.25, 0.3) is 0 Å². The van der Waals surface area contributed by atoms with E-state index in [9.17, 15) is 0 Å². The first kappa shape index (κ1) is 17.5. The highest BCUT2D eigenvalue weighted by molar-refractivity contribution is 7.14. The van der Waals surface area contributed by atoms with E-state index in [1.165, 1.54) is 5.56 Å². The average molecular weight is 379 g/mol. The Balaban J connectivity index is 1.73. The second kappa shape index (κ2) is 7.04. The molecule has 0 unspecified atom stereocenters. The lowest BCUT2D eigenvalue weighted by molar-refractivity contribution is 0.415. The second-order valence-corrected chi connectivity index (χ2v) is 7.31. The smallest absolute Gasteiger partial charge is 0.191 e. The first-order valence-electron chi connectivity index (χ1n) is 8.92. The Morgan fingerprint density at radius 3 is 2.59 bits per heavy atom. The quantitative estimate of drug-likeness (QED) is 0.484. The molecule has 0 N–H and O–H groups in total. The molecule has 0 spiro atoms. The molecule has 3 heterocycles. The number of imidazole rings is 1. The predicted octanol–water partition coefficient (Wildman–Crippen LogP) is 5.11. The lowest BCUT2D eigenvalue weighted by Crippen LogP contribution is -2.13. The highest BCUT2D eigenvalue weighted by Crippen LogP contribution is 2.34. The topological polar surface area (TPSA) is 42.7 Å². The fourth-order valence-corrected chi connectivity index (χ4v) is 3.98. The zero-order valence-electron chi connectivity index (χ0n) is 15.9. The summed E-state index contributed by atoms with van der Waals surface area (Å²) in [4.78, 5) is 11.8. The normalized spacial score (nSPS) is 11.1. The maximum absolute atomic E-state index is 5.24. The minimum absolute atomic E-state index is 0.847. The summed E-state index contributed by atoms with van der Waals surface area (Å²) in [5.41, 5.74) is 5.29. The van der Waals surface area contributed by atoms with Gasteiger partial charge < -0.3 is 9.64 Å². The van der Waals surface area contributed by atoms with Gasteiger partial charge in [-0.25, -0.2) is 9.97 Å². The van der Waals surface area contributed by atoms with E-state index in [2.05, 4.69) is 53.9 Å². The Labute approximate surface area is 162 Å². The number of aromatic nitrogens is 3. The molecule has 0 aliphatic carbocycles. The summed E-state index contributed by atoms with van der Waals surface area (Å²) in [6, 6.07) is 12.1. The van der Waals surface area contributed by atoms with Crippen LogP contribution >= 0.6 is 11.3 Å². The SMILES string of the molecule is CCc1nc2ccc(C)cn2c1N(C)c1nc(-c2ccc(OC)cc2)cs1. The van der Waals surface area contributed by atoms with Gasteiger partial charge in [0, 0.05) is 24.2 Å². The van der Waals surface area contributed by atoms with Crippen LogP contribution in [0, 0.1) is 6.92 Å². The molecule has 0 saturated carbocycles. The van der Waals surface area contributed by atoms with E-state index in [0.717, 1.165) is 45.7 Å². The van der Waals surface area contributed by atoms with Gasteiger partial charge in [0.1, 0.15) is 17.2 Å². The van der Waals surface area contributed by atoms with Crippen LogP contribution in [0.4, 0.5) is 10.9 Å². The van der Waals surface area contributed by atoms with Gasteiger partial charge in [-0.1, -0.05) is 13.0 Å². The molecule has 138 valence electrons. The summed E-state index contributed by atoms with van der Waals surface area (Å²) >= 11 is 1.64. The lowest BCUT2D eigenvalue weighted by Gasteiger charge is -2.17. The molecule has 0 aliphatic heterocycles. The molecular formula is C21H22N4OS. The largest absolute Gasteiger partial charge is 0.497 e. The Kier molecular flexibility index (Phi) is 4.58. The number of hydrogen-bond acceptors (Lipinski definition) is 5. The Bertz CT molecular complexity index is 1080. The molecule has 5 nitrogen and oxygen atoms in total. The Hall–Kier alpha value is -2.86. The van der Waals surface area contributed by atoms with E-state index in [4.69, 9.17) is 14.7 Å². The van der Waals surface area contributed by atoms with Crippen molar-refractivity contribution in [3.05, 3.63) is 59.2 Å². The van der Waals surface area contributed by atoms with E-state index in [0.29, 0.717) is 0 Å². The van der Waals surface area contributed by atoms with Crippen molar-refractivity contribution in [1.82, 2.24) is 14.4 Å². The molecule has 0 aliphatic rings. The van der Waals surface area contributed by atoms with Crippen molar-refractivity contribution in [2.45, 2.75) is 20.3 Å². The summed E-state index contributed by atoms with van der Waals surface area (Å²) < 4.78 is 7.39. The third-order valence-corrected chi connectivity index (χ3v) is 5.55. The summed E-state index contributed by atoms with van der Waals surface area (Å²) in [6.45, 7) is 4.23. The van der Waals surface area contributed by atoms with Gasteiger partial charge in [-0.05, 0) is 49.2 Å². The Morgan fingerprint density at radius 1 is 1.11 bits per heavy atom. The van der Waals surface area contributed by atoms with E-state index < -0.39 is 0 Å². The van der Waals surface area contributed by atoms with Crippen LogP contribution < -0.4 is 9.64 Å². The van der Waals surface area contributed by atoms with Gasteiger partial charge in [0.05, 0.1) is 18.5 Å². The molecule has 0 bridgehead atoms. The van der Waals surface area contributed by atoms with Crippen molar-refractivity contribution in [3.63, 3.8) is 0 Å². The van der Waals surface area contributed by atoms with Crippen LogP contribution in [-0.2, 0) is 6.42 Å². The first-order valence-corrected chi connectivity index (χ1v) is 9.80. The third-order valence-electron chi connectivity index (χ3n) is 4.63. The van der Waals surface area contributed by atoms with E-state index in [-0.39, 0.29) is 0 Å². The number of methoxy groups -OCH3 is 1. The van der Waals surface area contributed by atoms with Crippen molar-refractivity contribution in [3.8, 4) is 17.0 Å². The van der Waals surface area contributed by atoms with Gasteiger partial charge in [-0.15, -0.1) is 11.3 Å². The molecule has 0 radical (unpaired) electrons. The molecule has 4 rings (SSSR count). The van der Waals surface area contributed by atoms with Crippen molar-refractivity contribution in [2.75, 3.05) is 19.1 Å². The predicted molar refractivity (Wildman–Crippen MR) is 111 cm³/mol. The van der Waals surface area contributed by atoms with Crippen LogP contribution in [-0.4, -0.2) is 28.5 Å². The van der Waals surface area contributed by atoms with Gasteiger partial charge >= 0.3 is 0 Å². The molecule has 1 aromatic carbocycles. The van der Waals surface area contributed by atoms with Crippen LogP contribution in [0.2, 0.25) is 0 Å². The maximum atomic E-state index is 5.24. The van der Waals surface area contributed by atoms with Crippen LogP contribution in [0.15, 0.2) is 48.0 Å². The monoisotopic (exact) mass is 378 g/mol. The zero-order chi connectivity index (χ0) is 19.0. The van der Waals surface area contributed by atoms with Gasteiger partial charge in [0.15, 0.2) is 5.13 Å². The number of aryl methyl sites for hydroxylation is 2. The fourth-order valence-electron chi connectivity index (χ4n) is 3.18. The second-order valence-electron chi connectivity index (χ2n) is 6.47. The molecule has 0 fully saturated rings. The summed E-state index contributed by atoms with van der Waals surface area (Å²) in [6.07, 6.45) is 3.00. The van der Waals surface area contributed by atoms with E-state index in [1.54, 1.807) is 18.4 Å². The number of hydrogen-bond donors (Lipinski definition) is 0. The average Bonchev–Trinajstić information content (AvgIpc) is 3.32. The number of nitrogens with zero attached hydrogens (tertiary/aromatic N) is 4. The van der Waals surface area contributed by atoms with Crippen LogP contribution in [0.25, 0.3) is 16.9 Å². The maximum Gasteiger partial charge on any atom is 0.191 e. The van der Waals surface area contributed by atoms with Crippen LogP contribution in [0.3, 0.4) is 0 Å². The molecule has 27 heavy (non-hydrogen) atoms. The number of pyridine rings is 1. The standard InChI is InChI=1S/C21H22N4OS/c1-5-17-20(25-12-14(2)6-11-19(25)22-17)24(3)21-23-18(13-27-21)15-7-9-16(26-4)10-8-15/h6-13H,5H2,1-4H3. The molecule has 6 heteroatoms.